The first-order valence-corrected chi connectivity index (χ1v) is 3.35. The molecule has 4 nitrogen and oxygen atoms in total. The van der Waals surface area contributed by atoms with Crippen molar-refractivity contribution in [3.63, 3.8) is 0 Å². The first kappa shape index (κ1) is 7.50. The molecule has 0 spiro atoms. The number of ether oxygens (including phenoxy) is 1. The SMILES string of the molecule is O=C(NCO)C1CCCO1. The van der Waals surface area contributed by atoms with Crippen LogP contribution in [0.3, 0.4) is 0 Å². The standard InChI is InChI=1S/C6H11NO3/c8-4-7-6(9)5-2-1-3-10-5/h5,8H,1-4H2,(H,7,9). The predicted molar refractivity (Wildman–Crippen MR) is 34.2 cm³/mol. The van der Waals surface area contributed by atoms with Crippen molar-refractivity contribution in [1.82, 2.24) is 5.32 Å². The van der Waals surface area contributed by atoms with Crippen molar-refractivity contribution >= 4 is 5.91 Å². The van der Waals surface area contributed by atoms with E-state index < -0.39 is 0 Å². The van der Waals surface area contributed by atoms with E-state index in [1.165, 1.54) is 0 Å². The lowest BCUT2D eigenvalue weighted by atomic mass is 10.2. The fourth-order valence-corrected chi connectivity index (χ4v) is 0.976. The molecule has 2 N–H and O–H groups in total. The minimum atomic E-state index is -0.327. The Morgan fingerprint density at radius 3 is 3.10 bits per heavy atom. The fraction of sp³-hybridized carbons (Fsp3) is 0.833. The Morgan fingerprint density at radius 1 is 1.80 bits per heavy atom. The number of aliphatic hydroxyl groups excluding tert-OH is 1. The van der Waals surface area contributed by atoms with Gasteiger partial charge in [-0.15, -0.1) is 0 Å². The van der Waals surface area contributed by atoms with E-state index in [-0.39, 0.29) is 18.7 Å². The molecule has 4 heteroatoms. The van der Waals surface area contributed by atoms with Gasteiger partial charge >= 0.3 is 0 Å². The van der Waals surface area contributed by atoms with Crippen LogP contribution in [0.4, 0.5) is 0 Å². The molecule has 1 saturated heterocycles. The summed E-state index contributed by atoms with van der Waals surface area (Å²) >= 11 is 0. The van der Waals surface area contributed by atoms with Gasteiger partial charge in [0.25, 0.3) is 5.91 Å². The molecule has 1 heterocycles. The molecule has 0 aliphatic carbocycles. The molecule has 0 aromatic carbocycles. The Kier molecular flexibility index (Phi) is 2.65. The van der Waals surface area contributed by atoms with Gasteiger partial charge in [0, 0.05) is 6.61 Å². The van der Waals surface area contributed by atoms with Crippen LogP contribution in [-0.4, -0.2) is 30.5 Å². The van der Waals surface area contributed by atoms with Gasteiger partial charge in [-0.05, 0) is 12.8 Å². The number of nitrogens with one attached hydrogen (secondary N) is 1. The Labute approximate surface area is 59.2 Å². The molecule has 0 aromatic heterocycles. The maximum absolute atomic E-state index is 10.8. The zero-order valence-corrected chi connectivity index (χ0v) is 5.67. The summed E-state index contributed by atoms with van der Waals surface area (Å²) in [6.45, 7) is 0.349. The molecule has 0 radical (unpaired) electrons. The van der Waals surface area contributed by atoms with Gasteiger partial charge in [-0.2, -0.15) is 0 Å². The van der Waals surface area contributed by atoms with Crippen molar-refractivity contribution in [2.24, 2.45) is 0 Å². The van der Waals surface area contributed by atoms with Crippen molar-refractivity contribution in [2.75, 3.05) is 13.3 Å². The number of carbonyl (C=O) groups excluding carboxylic acids is 1. The average Bonchev–Trinajstić information content (AvgIpc) is 2.38. The molecule has 1 amide bonds. The number of amides is 1. The lowest BCUT2D eigenvalue weighted by Crippen LogP contribution is -2.34. The third kappa shape index (κ3) is 1.68. The molecule has 1 aliphatic heterocycles. The van der Waals surface area contributed by atoms with E-state index in [9.17, 15) is 4.79 Å². The van der Waals surface area contributed by atoms with Crippen LogP contribution < -0.4 is 5.32 Å². The quantitative estimate of drug-likeness (QED) is 0.502. The highest BCUT2D eigenvalue weighted by Crippen LogP contribution is 2.11. The highest BCUT2D eigenvalue weighted by molar-refractivity contribution is 5.80. The van der Waals surface area contributed by atoms with Gasteiger partial charge in [0.05, 0.1) is 0 Å². The third-order valence-electron chi connectivity index (χ3n) is 1.48. The van der Waals surface area contributed by atoms with Crippen LogP contribution in [0.25, 0.3) is 0 Å². The zero-order valence-electron chi connectivity index (χ0n) is 5.67. The van der Waals surface area contributed by atoms with Gasteiger partial charge in [0.2, 0.25) is 0 Å². The van der Waals surface area contributed by atoms with Gasteiger partial charge in [-0.3, -0.25) is 4.79 Å². The Morgan fingerprint density at radius 2 is 2.60 bits per heavy atom. The number of carbonyl (C=O) groups is 1. The maximum atomic E-state index is 10.8. The first-order chi connectivity index (χ1) is 4.84. The molecule has 10 heavy (non-hydrogen) atoms. The molecular weight excluding hydrogens is 134 g/mol. The number of hydrogen-bond donors (Lipinski definition) is 2. The van der Waals surface area contributed by atoms with Crippen LogP contribution in [0.5, 0.6) is 0 Å². The molecule has 1 rings (SSSR count). The van der Waals surface area contributed by atoms with E-state index in [1.54, 1.807) is 0 Å². The van der Waals surface area contributed by atoms with Crippen LogP contribution in [0.1, 0.15) is 12.8 Å². The summed E-state index contributed by atoms with van der Waals surface area (Å²) in [6.07, 6.45) is 1.38. The Balaban J connectivity index is 2.25. The Hall–Kier alpha value is -0.610. The van der Waals surface area contributed by atoms with E-state index >= 15 is 0 Å². The fourth-order valence-electron chi connectivity index (χ4n) is 0.976. The Bertz CT molecular complexity index is 120. The molecule has 58 valence electrons. The summed E-state index contributed by atoms with van der Waals surface area (Å²) < 4.78 is 5.04. The van der Waals surface area contributed by atoms with Crippen LogP contribution in [0.2, 0.25) is 0 Å². The van der Waals surface area contributed by atoms with E-state index in [1.807, 2.05) is 0 Å². The van der Waals surface area contributed by atoms with Gasteiger partial charge in [-0.1, -0.05) is 0 Å². The van der Waals surface area contributed by atoms with Gasteiger partial charge in [0.15, 0.2) is 0 Å². The summed E-state index contributed by atoms with van der Waals surface area (Å²) in [6, 6.07) is 0. The third-order valence-corrected chi connectivity index (χ3v) is 1.48. The van der Waals surface area contributed by atoms with Crippen molar-refractivity contribution in [3.05, 3.63) is 0 Å². The van der Waals surface area contributed by atoms with Crippen molar-refractivity contribution in [2.45, 2.75) is 18.9 Å². The summed E-state index contributed by atoms with van der Waals surface area (Å²) in [5.74, 6) is -0.208. The van der Waals surface area contributed by atoms with Crippen LogP contribution in [0.15, 0.2) is 0 Å². The van der Waals surface area contributed by atoms with Crippen molar-refractivity contribution in [3.8, 4) is 0 Å². The van der Waals surface area contributed by atoms with E-state index in [0.29, 0.717) is 6.61 Å². The van der Waals surface area contributed by atoms with E-state index in [2.05, 4.69) is 5.32 Å². The van der Waals surface area contributed by atoms with Gasteiger partial charge < -0.3 is 15.2 Å². The molecule has 0 saturated carbocycles. The zero-order chi connectivity index (χ0) is 7.40. The normalized spacial score (nSPS) is 24.7. The first-order valence-electron chi connectivity index (χ1n) is 3.35. The van der Waals surface area contributed by atoms with Crippen LogP contribution in [0, 0.1) is 0 Å². The second-order valence-electron chi connectivity index (χ2n) is 2.20. The smallest absolute Gasteiger partial charge is 0.250 e. The maximum Gasteiger partial charge on any atom is 0.250 e. The number of hydrogen-bond acceptors (Lipinski definition) is 3. The van der Waals surface area contributed by atoms with Crippen molar-refractivity contribution in [1.29, 1.82) is 0 Å². The molecule has 1 fully saturated rings. The van der Waals surface area contributed by atoms with E-state index in [0.717, 1.165) is 12.8 Å². The van der Waals surface area contributed by atoms with Gasteiger partial charge in [-0.25, -0.2) is 0 Å². The summed E-state index contributed by atoms with van der Waals surface area (Å²) in [5.41, 5.74) is 0. The van der Waals surface area contributed by atoms with E-state index in [4.69, 9.17) is 9.84 Å². The van der Waals surface area contributed by atoms with Crippen molar-refractivity contribution < 1.29 is 14.6 Å². The minimum absolute atomic E-state index is 0.208. The van der Waals surface area contributed by atoms with Gasteiger partial charge in [0.1, 0.15) is 12.8 Å². The molecule has 0 aromatic rings. The molecular formula is C6H11NO3. The molecule has 0 bridgehead atoms. The number of rotatable bonds is 2. The summed E-state index contributed by atoms with van der Waals surface area (Å²) in [7, 11) is 0. The lowest BCUT2D eigenvalue weighted by molar-refractivity contribution is -0.131. The monoisotopic (exact) mass is 145 g/mol. The average molecular weight is 145 g/mol. The summed E-state index contributed by atoms with van der Waals surface area (Å²) in [4.78, 5) is 10.8. The number of aliphatic hydroxyl groups is 1. The second kappa shape index (κ2) is 3.53. The topological polar surface area (TPSA) is 58.6 Å². The lowest BCUT2D eigenvalue weighted by Gasteiger charge is -2.06. The van der Waals surface area contributed by atoms with Crippen LogP contribution >= 0.6 is 0 Å². The largest absolute Gasteiger partial charge is 0.376 e. The summed E-state index contributed by atoms with van der Waals surface area (Å²) in [5, 5.41) is 10.6. The molecule has 1 unspecified atom stereocenters. The second-order valence-corrected chi connectivity index (χ2v) is 2.20. The minimum Gasteiger partial charge on any atom is -0.376 e. The highest BCUT2D eigenvalue weighted by atomic mass is 16.5. The van der Waals surface area contributed by atoms with Crippen LogP contribution in [-0.2, 0) is 9.53 Å². The predicted octanol–water partition coefficient (Wildman–Crippen LogP) is -0.769. The molecule has 1 atom stereocenters. The molecule has 1 aliphatic rings. The highest BCUT2D eigenvalue weighted by Gasteiger charge is 2.22.